The molecule has 0 spiro atoms. The Morgan fingerprint density at radius 3 is 2.71 bits per heavy atom. The van der Waals surface area contributed by atoms with Crippen LogP contribution >= 0.6 is 11.3 Å². The highest BCUT2D eigenvalue weighted by molar-refractivity contribution is 7.18. The lowest BCUT2D eigenvalue weighted by Crippen LogP contribution is -2.29. The molecule has 1 aromatic heterocycles. The minimum Gasteiger partial charge on any atom is -0.382 e. The van der Waals surface area contributed by atoms with Crippen molar-refractivity contribution < 1.29 is 4.79 Å². The number of anilines is 2. The van der Waals surface area contributed by atoms with Gasteiger partial charge >= 0.3 is 0 Å². The number of likely N-dealkylation sites (tertiary alicyclic amines) is 1. The van der Waals surface area contributed by atoms with E-state index in [1.165, 1.54) is 30.6 Å². The van der Waals surface area contributed by atoms with Crippen LogP contribution in [0.25, 0.3) is 0 Å². The molecule has 21 heavy (non-hydrogen) atoms. The topological polar surface area (TPSA) is 62.5 Å². The molecule has 1 aliphatic heterocycles. The lowest BCUT2D eigenvalue weighted by molar-refractivity contribution is 0.0786. The summed E-state index contributed by atoms with van der Waals surface area (Å²) in [6, 6.07) is 0. The SMILES string of the molecule is CCCN(C)c1nc(N)c(C(=O)N2CC3CCCC3C2)s1. The summed E-state index contributed by atoms with van der Waals surface area (Å²) < 4.78 is 0. The van der Waals surface area contributed by atoms with Crippen molar-refractivity contribution in [3.05, 3.63) is 4.88 Å². The molecule has 2 unspecified atom stereocenters. The molecule has 2 N–H and O–H groups in total. The summed E-state index contributed by atoms with van der Waals surface area (Å²) in [5.41, 5.74) is 5.98. The second-order valence-corrected chi connectivity index (χ2v) is 7.27. The molecule has 6 heteroatoms. The van der Waals surface area contributed by atoms with Crippen LogP contribution in [0.4, 0.5) is 10.9 Å². The zero-order chi connectivity index (χ0) is 15.0. The highest BCUT2D eigenvalue weighted by atomic mass is 32.1. The number of rotatable bonds is 4. The van der Waals surface area contributed by atoms with Crippen molar-refractivity contribution in [2.24, 2.45) is 11.8 Å². The van der Waals surface area contributed by atoms with E-state index < -0.39 is 0 Å². The van der Waals surface area contributed by atoms with Gasteiger partial charge in [0.05, 0.1) is 0 Å². The quantitative estimate of drug-likeness (QED) is 0.928. The van der Waals surface area contributed by atoms with Crippen LogP contribution in [-0.4, -0.2) is 42.5 Å². The van der Waals surface area contributed by atoms with E-state index in [1.54, 1.807) is 0 Å². The third-order valence-corrected chi connectivity index (χ3v) is 5.91. The molecule has 1 aromatic rings. The molecule has 0 radical (unpaired) electrons. The van der Waals surface area contributed by atoms with Gasteiger partial charge in [-0.05, 0) is 31.1 Å². The monoisotopic (exact) mass is 308 g/mol. The van der Waals surface area contributed by atoms with E-state index in [2.05, 4.69) is 16.8 Å². The van der Waals surface area contributed by atoms with Crippen LogP contribution in [-0.2, 0) is 0 Å². The van der Waals surface area contributed by atoms with Crippen LogP contribution in [0.1, 0.15) is 42.3 Å². The van der Waals surface area contributed by atoms with Gasteiger partial charge in [-0.3, -0.25) is 4.79 Å². The third-order valence-electron chi connectivity index (χ3n) is 4.74. The van der Waals surface area contributed by atoms with Crippen LogP contribution in [0.5, 0.6) is 0 Å². The van der Waals surface area contributed by atoms with Crippen molar-refractivity contribution in [2.45, 2.75) is 32.6 Å². The number of carbonyl (C=O) groups is 1. The maximum absolute atomic E-state index is 12.7. The number of hydrogen-bond acceptors (Lipinski definition) is 5. The molecule has 2 aliphatic rings. The highest BCUT2D eigenvalue weighted by Gasteiger charge is 2.39. The minimum absolute atomic E-state index is 0.0792. The standard InChI is InChI=1S/C15H24N4OS/c1-3-7-18(2)15-17-13(16)12(21-15)14(20)19-8-10-5-4-6-11(10)9-19/h10-11H,3-9,16H2,1-2H3. The Balaban J connectivity index is 1.73. The van der Waals surface area contributed by atoms with Gasteiger partial charge in [-0.15, -0.1) is 0 Å². The van der Waals surface area contributed by atoms with E-state index in [9.17, 15) is 4.79 Å². The molecule has 1 saturated carbocycles. The first-order valence-corrected chi connectivity index (χ1v) is 8.68. The normalized spacial score (nSPS) is 24.4. The Morgan fingerprint density at radius 2 is 2.10 bits per heavy atom. The van der Waals surface area contributed by atoms with E-state index in [1.807, 2.05) is 11.9 Å². The van der Waals surface area contributed by atoms with Gasteiger partial charge in [0.2, 0.25) is 0 Å². The van der Waals surface area contributed by atoms with Gasteiger partial charge in [0, 0.05) is 26.7 Å². The summed E-state index contributed by atoms with van der Waals surface area (Å²) >= 11 is 1.43. The first-order valence-electron chi connectivity index (χ1n) is 7.86. The fourth-order valence-corrected chi connectivity index (χ4v) is 4.55. The number of amides is 1. The number of nitrogens with zero attached hydrogens (tertiary/aromatic N) is 3. The maximum Gasteiger partial charge on any atom is 0.267 e. The van der Waals surface area contributed by atoms with E-state index in [-0.39, 0.29) is 5.91 Å². The van der Waals surface area contributed by atoms with Crippen LogP contribution in [0.15, 0.2) is 0 Å². The number of aromatic nitrogens is 1. The molecule has 0 aromatic carbocycles. The van der Waals surface area contributed by atoms with Crippen LogP contribution in [0, 0.1) is 11.8 Å². The molecule has 116 valence electrons. The first kappa shape index (κ1) is 14.6. The Labute approximate surface area is 130 Å². The Bertz CT molecular complexity index is 518. The molecule has 0 bridgehead atoms. The van der Waals surface area contributed by atoms with Crippen LogP contribution in [0.3, 0.4) is 0 Å². The van der Waals surface area contributed by atoms with Crippen molar-refractivity contribution in [3.63, 3.8) is 0 Å². The van der Waals surface area contributed by atoms with E-state index in [0.717, 1.165) is 31.2 Å². The predicted molar refractivity (Wildman–Crippen MR) is 86.8 cm³/mol. The molecule has 1 saturated heterocycles. The summed E-state index contributed by atoms with van der Waals surface area (Å²) in [6.45, 7) is 4.86. The molecule has 3 rings (SSSR count). The molecule has 2 atom stereocenters. The van der Waals surface area contributed by atoms with Gasteiger partial charge in [-0.25, -0.2) is 4.98 Å². The van der Waals surface area contributed by atoms with E-state index in [4.69, 9.17) is 5.73 Å². The van der Waals surface area contributed by atoms with Crippen molar-refractivity contribution in [1.82, 2.24) is 9.88 Å². The number of thiazole rings is 1. The van der Waals surface area contributed by atoms with Gasteiger partial charge in [0.15, 0.2) is 5.13 Å². The zero-order valence-corrected chi connectivity index (χ0v) is 13.7. The van der Waals surface area contributed by atoms with E-state index in [0.29, 0.717) is 22.5 Å². The molecular formula is C15H24N4OS. The lowest BCUT2D eigenvalue weighted by atomic mass is 10.0. The van der Waals surface area contributed by atoms with E-state index >= 15 is 0 Å². The largest absolute Gasteiger partial charge is 0.382 e. The summed E-state index contributed by atoms with van der Waals surface area (Å²) in [6.07, 6.45) is 4.93. The maximum atomic E-state index is 12.7. The molecule has 1 aliphatic carbocycles. The van der Waals surface area contributed by atoms with Crippen molar-refractivity contribution in [1.29, 1.82) is 0 Å². The Hall–Kier alpha value is -1.30. The smallest absolute Gasteiger partial charge is 0.267 e. The predicted octanol–water partition coefficient (Wildman–Crippen LogP) is 2.44. The number of nitrogens with two attached hydrogens (primary N) is 1. The Morgan fingerprint density at radius 1 is 1.43 bits per heavy atom. The summed E-state index contributed by atoms with van der Waals surface area (Å²) in [7, 11) is 2.00. The number of carbonyl (C=O) groups excluding carboxylic acids is 1. The summed E-state index contributed by atoms with van der Waals surface area (Å²) in [4.78, 5) is 21.7. The average molecular weight is 308 g/mol. The molecule has 5 nitrogen and oxygen atoms in total. The fraction of sp³-hybridized carbons (Fsp3) is 0.733. The molecule has 2 fully saturated rings. The van der Waals surface area contributed by atoms with Crippen LogP contribution in [0.2, 0.25) is 0 Å². The third kappa shape index (κ3) is 2.73. The highest BCUT2D eigenvalue weighted by Crippen LogP contribution is 2.39. The van der Waals surface area contributed by atoms with Crippen molar-refractivity contribution in [3.8, 4) is 0 Å². The molecule has 2 heterocycles. The van der Waals surface area contributed by atoms with Gasteiger partial charge in [-0.2, -0.15) is 0 Å². The van der Waals surface area contributed by atoms with Gasteiger partial charge < -0.3 is 15.5 Å². The number of hydrogen-bond donors (Lipinski definition) is 1. The summed E-state index contributed by atoms with van der Waals surface area (Å²) in [5.74, 6) is 1.89. The molecular weight excluding hydrogens is 284 g/mol. The average Bonchev–Trinajstić information content (AvgIpc) is 3.11. The summed E-state index contributed by atoms with van der Waals surface area (Å²) in [5, 5.41) is 0.845. The zero-order valence-electron chi connectivity index (χ0n) is 12.8. The lowest BCUT2D eigenvalue weighted by Gasteiger charge is -2.16. The Kier molecular flexibility index (Phi) is 4.06. The van der Waals surface area contributed by atoms with Crippen LogP contribution < -0.4 is 10.6 Å². The van der Waals surface area contributed by atoms with Crippen molar-refractivity contribution in [2.75, 3.05) is 37.3 Å². The number of nitrogen functional groups attached to an aromatic ring is 1. The van der Waals surface area contributed by atoms with Gasteiger partial charge in [0.1, 0.15) is 10.7 Å². The minimum atomic E-state index is 0.0792. The first-order chi connectivity index (χ1) is 10.1. The van der Waals surface area contributed by atoms with Gasteiger partial charge in [0.25, 0.3) is 5.91 Å². The second-order valence-electron chi connectivity index (χ2n) is 6.29. The second kappa shape index (κ2) is 5.83. The number of fused-ring (bicyclic) bond motifs is 1. The van der Waals surface area contributed by atoms with Gasteiger partial charge in [-0.1, -0.05) is 24.7 Å². The van der Waals surface area contributed by atoms with Crippen molar-refractivity contribution >= 4 is 28.2 Å². The fourth-order valence-electron chi connectivity index (χ4n) is 3.61. The molecule has 1 amide bonds.